The molecule has 112 valence electrons. The van der Waals surface area contributed by atoms with E-state index in [0.717, 1.165) is 5.56 Å². The fourth-order valence-corrected chi connectivity index (χ4v) is 3.29. The maximum absolute atomic E-state index is 12.2. The number of nitrogens with zero attached hydrogens (tertiary/aromatic N) is 3. The molecule has 1 unspecified atom stereocenters. The largest absolute Gasteiger partial charge is 0.481 e. The van der Waals surface area contributed by atoms with Gasteiger partial charge in [-0.25, -0.2) is 0 Å². The zero-order chi connectivity index (χ0) is 15.0. The number of hydrogen-bond donors (Lipinski definition) is 1. The molecule has 1 N–H and O–H groups in total. The molecule has 0 bridgehead atoms. The standard InChI is InChI=1S/C15H19N3O3/c1-17(6-10-3-2-4-16-5-10)9-13(19)18-7-11-12(8-18)14(11)15(20)21/h2-5,11-12,14H,6-9H2,1H3,(H,20,21)/t11-,12+,14?. The Morgan fingerprint density at radius 3 is 2.71 bits per heavy atom. The molecule has 1 saturated heterocycles. The molecule has 21 heavy (non-hydrogen) atoms. The van der Waals surface area contributed by atoms with Crippen LogP contribution in [0.25, 0.3) is 0 Å². The third-order valence-corrected chi connectivity index (χ3v) is 4.41. The number of carbonyl (C=O) groups excluding carboxylic acids is 1. The van der Waals surface area contributed by atoms with E-state index in [4.69, 9.17) is 5.11 Å². The van der Waals surface area contributed by atoms with Crippen LogP contribution in [0.5, 0.6) is 0 Å². The highest BCUT2D eigenvalue weighted by Crippen LogP contribution is 2.51. The van der Waals surface area contributed by atoms with Crippen LogP contribution in [-0.4, -0.2) is 58.4 Å². The van der Waals surface area contributed by atoms with Crippen molar-refractivity contribution in [3.05, 3.63) is 30.1 Å². The molecule has 3 atom stereocenters. The number of carboxylic acid groups (broad SMARTS) is 1. The predicted octanol–water partition coefficient (Wildman–Crippen LogP) is 0.302. The molecule has 2 heterocycles. The van der Waals surface area contributed by atoms with E-state index < -0.39 is 5.97 Å². The van der Waals surface area contributed by atoms with Crippen LogP contribution in [0.3, 0.4) is 0 Å². The van der Waals surface area contributed by atoms with Gasteiger partial charge in [-0.15, -0.1) is 0 Å². The summed E-state index contributed by atoms with van der Waals surface area (Å²) >= 11 is 0. The monoisotopic (exact) mass is 289 g/mol. The number of likely N-dealkylation sites (N-methyl/N-ethyl adjacent to an activating group) is 1. The molecule has 6 heteroatoms. The Morgan fingerprint density at radius 1 is 1.43 bits per heavy atom. The van der Waals surface area contributed by atoms with Gasteiger partial charge in [0.25, 0.3) is 0 Å². The number of piperidine rings is 1. The summed E-state index contributed by atoms with van der Waals surface area (Å²) < 4.78 is 0. The van der Waals surface area contributed by atoms with Crippen molar-refractivity contribution in [2.75, 3.05) is 26.7 Å². The molecule has 3 rings (SSSR count). The van der Waals surface area contributed by atoms with Crippen LogP contribution in [0.1, 0.15) is 5.56 Å². The Bertz CT molecular complexity index is 536. The maximum Gasteiger partial charge on any atom is 0.307 e. The maximum atomic E-state index is 12.2. The van der Waals surface area contributed by atoms with Crippen LogP contribution in [-0.2, 0) is 16.1 Å². The fourth-order valence-electron chi connectivity index (χ4n) is 3.29. The quantitative estimate of drug-likeness (QED) is 0.844. The van der Waals surface area contributed by atoms with E-state index in [1.54, 1.807) is 17.3 Å². The van der Waals surface area contributed by atoms with Crippen molar-refractivity contribution in [3.8, 4) is 0 Å². The Labute approximate surface area is 123 Å². The van der Waals surface area contributed by atoms with Gasteiger partial charge in [0.2, 0.25) is 5.91 Å². The molecule has 2 fully saturated rings. The second-order valence-corrected chi connectivity index (χ2v) is 6.02. The fraction of sp³-hybridized carbons (Fsp3) is 0.533. The summed E-state index contributed by atoms with van der Waals surface area (Å²) in [6.07, 6.45) is 3.52. The number of amides is 1. The number of aromatic nitrogens is 1. The molecule has 0 radical (unpaired) electrons. The first kappa shape index (κ1) is 14.0. The van der Waals surface area contributed by atoms with Crippen LogP contribution in [0.15, 0.2) is 24.5 Å². The van der Waals surface area contributed by atoms with Gasteiger partial charge in [0.1, 0.15) is 0 Å². The van der Waals surface area contributed by atoms with E-state index in [-0.39, 0.29) is 23.7 Å². The number of fused-ring (bicyclic) bond motifs is 1. The van der Waals surface area contributed by atoms with Crippen molar-refractivity contribution in [2.45, 2.75) is 6.54 Å². The number of carbonyl (C=O) groups is 2. The minimum Gasteiger partial charge on any atom is -0.481 e. The first-order chi connectivity index (χ1) is 10.1. The van der Waals surface area contributed by atoms with Crippen LogP contribution >= 0.6 is 0 Å². The minimum atomic E-state index is -0.717. The van der Waals surface area contributed by atoms with Gasteiger partial charge in [-0.2, -0.15) is 0 Å². The summed E-state index contributed by atoms with van der Waals surface area (Å²) in [5, 5.41) is 8.98. The van der Waals surface area contributed by atoms with E-state index in [1.165, 1.54) is 0 Å². The molecule has 1 aromatic heterocycles. The molecule has 0 spiro atoms. The van der Waals surface area contributed by atoms with E-state index in [2.05, 4.69) is 4.98 Å². The van der Waals surface area contributed by atoms with Crippen molar-refractivity contribution >= 4 is 11.9 Å². The highest BCUT2D eigenvalue weighted by atomic mass is 16.4. The molecule has 2 aliphatic rings. The summed E-state index contributed by atoms with van der Waals surface area (Å²) in [6, 6.07) is 3.86. The van der Waals surface area contributed by atoms with Crippen LogP contribution < -0.4 is 0 Å². The molecule has 1 amide bonds. The van der Waals surface area contributed by atoms with Gasteiger partial charge < -0.3 is 10.0 Å². The molecule has 1 aliphatic heterocycles. The van der Waals surface area contributed by atoms with Crippen molar-refractivity contribution < 1.29 is 14.7 Å². The van der Waals surface area contributed by atoms with Gasteiger partial charge in [-0.05, 0) is 30.5 Å². The highest BCUT2D eigenvalue weighted by molar-refractivity contribution is 5.80. The van der Waals surface area contributed by atoms with Gasteiger partial charge in [-0.1, -0.05) is 6.07 Å². The topological polar surface area (TPSA) is 73.7 Å². The number of rotatable bonds is 5. The van der Waals surface area contributed by atoms with Gasteiger partial charge in [0.15, 0.2) is 0 Å². The second kappa shape index (κ2) is 5.44. The molecule has 1 saturated carbocycles. The smallest absolute Gasteiger partial charge is 0.307 e. The summed E-state index contributed by atoms with van der Waals surface area (Å²) in [5.74, 6) is -0.504. The van der Waals surface area contributed by atoms with E-state index in [0.29, 0.717) is 26.2 Å². The lowest BCUT2D eigenvalue weighted by Crippen LogP contribution is -2.39. The first-order valence-corrected chi connectivity index (χ1v) is 7.14. The number of pyridine rings is 1. The normalized spacial score (nSPS) is 26.8. The van der Waals surface area contributed by atoms with E-state index in [9.17, 15) is 9.59 Å². The number of likely N-dealkylation sites (tertiary alicyclic amines) is 1. The Balaban J connectivity index is 1.46. The number of carboxylic acids is 1. The Morgan fingerprint density at radius 2 is 2.14 bits per heavy atom. The molecular formula is C15H19N3O3. The Hall–Kier alpha value is -1.95. The second-order valence-electron chi connectivity index (χ2n) is 6.02. The number of aliphatic carboxylic acids is 1. The van der Waals surface area contributed by atoms with Crippen LogP contribution in [0.2, 0.25) is 0 Å². The molecule has 1 aliphatic carbocycles. The predicted molar refractivity (Wildman–Crippen MR) is 75.3 cm³/mol. The minimum absolute atomic E-state index is 0.0812. The van der Waals surface area contributed by atoms with Gasteiger partial charge in [0, 0.05) is 32.0 Å². The zero-order valence-electron chi connectivity index (χ0n) is 12.0. The average Bonchev–Trinajstić information content (AvgIpc) is 2.95. The van der Waals surface area contributed by atoms with Gasteiger partial charge in [-0.3, -0.25) is 19.5 Å². The van der Waals surface area contributed by atoms with Crippen molar-refractivity contribution in [1.82, 2.24) is 14.8 Å². The van der Waals surface area contributed by atoms with Crippen molar-refractivity contribution in [3.63, 3.8) is 0 Å². The summed E-state index contributed by atoms with van der Waals surface area (Å²) in [7, 11) is 1.90. The lowest BCUT2D eigenvalue weighted by molar-refractivity contribution is -0.141. The van der Waals surface area contributed by atoms with Gasteiger partial charge >= 0.3 is 5.97 Å². The molecule has 1 aromatic rings. The van der Waals surface area contributed by atoms with Crippen LogP contribution in [0, 0.1) is 17.8 Å². The number of hydrogen-bond acceptors (Lipinski definition) is 4. The molecule has 0 aromatic carbocycles. The summed E-state index contributed by atoms with van der Waals surface area (Å²) in [6.45, 7) is 2.23. The van der Waals surface area contributed by atoms with Crippen molar-refractivity contribution in [1.29, 1.82) is 0 Å². The van der Waals surface area contributed by atoms with E-state index >= 15 is 0 Å². The zero-order valence-corrected chi connectivity index (χ0v) is 12.0. The highest BCUT2D eigenvalue weighted by Gasteiger charge is 2.60. The first-order valence-electron chi connectivity index (χ1n) is 7.14. The summed E-state index contributed by atoms with van der Waals surface area (Å²) in [4.78, 5) is 30.9. The van der Waals surface area contributed by atoms with Crippen molar-refractivity contribution in [2.24, 2.45) is 17.8 Å². The third-order valence-electron chi connectivity index (χ3n) is 4.41. The molecular weight excluding hydrogens is 270 g/mol. The SMILES string of the molecule is CN(CC(=O)N1C[C@@H]2C(C(=O)O)[C@@H]2C1)Cc1cccnc1. The third kappa shape index (κ3) is 2.90. The lowest BCUT2D eigenvalue weighted by Gasteiger charge is -2.23. The van der Waals surface area contributed by atoms with Crippen LogP contribution in [0.4, 0.5) is 0 Å². The summed E-state index contributed by atoms with van der Waals surface area (Å²) in [5.41, 5.74) is 1.07. The molecule has 6 nitrogen and oxygen atoms in total. The van der Waals surface area contributed by atoms with E-state index in [1.807, 2.05) is 24.1 Å². The Kier molecular flexibility index (Phi) is 3.63. The average molecular weight is 289 g/mol. The lowest BCUT2D eigenvalue weighted by atomic mass is 10.2. The van der Waals surface area contributed by atoms with Gasteiger partial charge in [0.05, 0.1) is 12.5 Å².